The minimum Gasteiger partial charge on any atom is -0.337 e. The lowest BCUT2D eigenvalue weighted by atomic mass is 10.1. The maximum atomic E-state index is 11.6. The molecule has 0 spiro atoms. The van der Waals surface area contributed by atoms with E-state index in [2.05, 4.69) is 6.07 Å². The number of rotatable bonds is 2. The Balaban J connectivity index is 0.00000144. The van der Waals surface area contributed by atoms with Crippen molar-refractivity contribution < 1.29 is 4.79 Å². The van der Waals surface area contributed by atoms with E-state index in [-0.39, 0.29) is 24.4 Å². The van der Waals surface area contributed by atoms with Crippen LogP contribution >= 0.6 is 12.4 Å². The Morgan fingerprint density at radius 1 is 1.53 bits per heavy atom. The van der Waals surface area contributed by atoms with Crippen molar-refractivity contribution in [3.63, 3.8) is 0 Å². The fourth-order valence-corrected chi connectivity index (χ4v) is 1.88. The maximum absolute atomic E-state index is 11.6. The van der Waals surface area contributed by atoms with Crippen molar-refractivity contribution in [3.8, 4) is 6.07 Å². The van der Waals surface area contributed by atoms with Crippen LogP contribution in [0, 0.1) is 11.3 Å². The number of hydrogen-bond donors (Lipinski definition) is 1. The predicted molar refractivity (Wildman–Crippen MR) is 66.4 cm³/mol. The lowest BCUT2D eigenvalue weighted by Crippen LogP contribution is -2.33. The van der Waals surface area contributed by atoms with E-state index in [4.69, 9.17) is 11.0 Å². The van der Waals surface area contributed by atoms with Crippen molar-refractivity contribution in [2.75, 3.05) is 6.54 Å². The topological polar surface area (TPSA) is 70.1 Å². The molecule has 1 aromatic carbocycles. The van der Waals surface area contributed by atoms with Crippen LogP contribution in [-0.2, 0) is 11.3 Å². The van der Waals surface area contributed by atoms with E-state index in [9.17, 15) is 4.79 Å². The summed E-state index contributed by atoms with van der Waals surface area (Å²) in [6.07, 6.45) is 0.719. The Bertz CT molecular complexity index is 455. The third kappa shape index (κ3) is 2.96. The number of nitrogens with two attached hydrogens (primary N) is 1. The van der Waals surface area contributed by atoms with Crippen LogP contribution in [0.1, 0.15) is 17.5 Å². The highest BCUT2D eigenvalue weighted by Crippen LogP contribution is 2.14. The van der Waals surface area contributed by atoms with Gasteiger partial charge in [0.2, 0.25) is 5.91 Å². The molecule has 0 aliphatic carbocycles. The molecule has 1 fully saturated rings. The summed E-state index contributed by atoms with van der Waals surface area (Å²) in [5.74, 6) is 0.00219. The van der Waals surface area contributed by atoms with Crippen LogP contribution in [-0.4, -0.2) is 23.4 Å². The van der Waals surface area contributed by atoms with Gasteiger partial charge in [-0.1, -0.05) is 12.1 Å². The molecule has 1 heterocycles. The van der Waals surface area contributed by atoms with Crippen molar-refractivity contribution in [2.24, 2.45) is 5.73 Å². The highest BCUT2D eigenvalue weighted by atomic mass is 35.5. The van der Waals surface area contributed by atoms with E-state index in [1.54, 1.807) is 17.0 Å². The molecule has 0 aromatic heterocycles. The van der Waals surface area contributed by atoms with Crippen molar-refractivity contribution in [1.82, 2.24) is 4.90 Å². The quantitative estimate of drug-likeness (QED) is 0.854. The minimum absolute atomic E-state index is 0. The average molecular weight is 252 g/mol. The van der Waals surface area contributed by atoms with Crippen LogP contribution < -0.4 is 5.73 Å². The number of nitrogens with zero attached hydrogens (tertiary/aromatic N) is 2. The zero-order valence-electron chi connectivity index (χ0n) is 9.30. The van der Waals surface area contributed by atoms with Gasteiger partial charge in [-0.15, -0.1) is 12.4 Å². The molecule has 5 heteroatoms. The Hall–Kier alpha value is -1.57. The van der Waals surface area contributed by atoms with Gasteiger partial charge in [-0.3, -0.25) is 4.79 Å². The fraction of sp³-hybridized carbons (Fsp3) is 0.333. The van der Waals surface area contributed by atoms with Crippen LogP contribution in [0.2, 0.25) is 0 Å². The zero-order chi connectivity index (χ0) is 11.5. The number of halogens is 1. The number of hydrogen-bond acceptors (Lipinski definition) is 3. The highest BCUT2D eigenvalue weighted by molar-refractivity contribution is 5.85. The molecular weight excluding hydrogens is 238 g/mol. The molecule has 90 valence electrons. The number of amides is 1. The molecule has 1 aliphatic rings. The van der Waals surface area contributed by atoms with E-state index in [0.717, 1.165) is 12.0 Å². The van der Waals surface area contributed by atoms with Crippen molar-refractivity contribution >= 4 is 18.3 Å². The van der Waals surface area contributed by atoms with Gasteiger partial charge in [0.05, 0.1) is 17.7 Å². The molecule has 1 unspecified atom stereocenters. The lowest BCUT2D eigenvalue weighted by Gasteiger charge is -2.15. The molecule has 2 rings (SSSR count). The number of nitriles is 1. The van der Waals surface area contributed by atoms with Gasteiger partial charge in [0.25, 0.3) is 0 Å². The SMILES string of the molecule is Cl.N#Cc1cccc(CN2CCC(N)C2=O)c1. The predicted octanol–water partition coefficient (Wildman–Crippen LogP) is 1.04. The third-order valence-electron chi connectivity index (χ3n) is 2.77. The van der Waals surface area contributed by atoms with Crippen LogP contribution in [0.25, 0.3) is 0 Å². The molecule has 1 atom stereocenters. The number of carbonyl (C=O) groups excluding carboxylic acids is 1. The largest absolute Gasteiger partial charge is 0.337 e. The Labute approximate surface area is 106 Å². The first-order valence-electron chi connectivity index (χ1n) is 5.24. The molecule has 0 saturated carbocycles. The second kappa shape index (κ2) is 5.67. The molecule has 0 radical (unpaired) electrons. The van der Waals surface area contributed by atoms with Crippen LogP contribution in [0.3, 0.4) is 0 Å². The van der Waals surface area contributed by atoms with Crippen LogP contribution in [0.5, 0.6) is 0 Å². The van der Waals surface area contributed by atoms with Gasteiger partial charge >= 0.3 is 0 Å². The molecule has 2 N–H and O–H groups in total. The summed E-state index contributed by atoms with van der Waals surface area (Å²) in [4.78, 5) is 13.3. The second-order valence-corrected chi connectivity index (χ2v) is 3.97. The molecule has 17 heavy (non-hydrogen) atoms. The summed E-state index contributed by atoms with van der Waals surface area (Å²) in [5, 5.41) is 8.77. The van der Waals surface area contributed by atoms with Gasteiger partial charge in [0.1, 0.15) is 0 Å². The van der Waals surface area contributed by atoms with Crippen LogP contribution in [0.4, 0.5) is 0 Å². The van der Waals surface area contributed by atoms with Gasteiger partial charge in [-0.05, 0) is 24.1 Å². The Morgan fingerprint density at radius 2 is 2.29 bits per heavy atom. The van der Waals surface area contributed by atoms with Crippen molar-refractivity contribution in [1.29, 1.82) is 5.26 Å². The summed E-state index contributed by atoms with van der Waals surface area (Å²) in [6.45, 7) is 1.25. The third-order valence-corrected chi connectivity index (χ3v) is 2.77. The van der Waals surface area contributed by atoms with Gasteiger partial charge in [-0.2, -0.15) is 5.26 Å². The molecule has 1 amide bonds. The Kier molecular flexibility index (Phi) is 4.50. The van der Waals surface area contributed by atoms with Gasteiger partial charge in [-0.25, -0.2) is 0 Å². The molecule has 0 bridgehead atoms. The summed E-state index contributed by atoms with van der Waals surface area (Å²) in [5.41, 5.74) is 7.23. The van der Waals surface area contributed by atoms with Crippen molar-refractivity contribution in [2.45, 2.75) is 19.0 Å². The second-order valence-electron chi connectivity index (χ2n) is 3.97. The van der Waals surface area contributed by atoms with Gasteiger partial charge in [0, 0.05) is 13.1 Å². The number of carbonyl (C=O) groups is 1. The van der Waals surface area contributed by atoms with Gasteiger partial charge < -0.3 is 10.6 Å². The molecule has 1 aromatic rings. The van der Waals surface area contributed by atoms with E-state index in [1.807, 2.05) is 12.1 Å². The number of benzene rings is 1. The fourth-order valence-electron chi connectivity index (χ4n) is 1.88. The molecule has 1 saturated heterocycles. The van der Waals surface area contributed by atoms with E-state index >= 15 is 0 Å². The Morgan fingerprint density at radius 3 is 2.88 bits per heavy atom. The highest BCUT2D eigenvalue weighted by Gasteiger charge is 2.28. The normalized spacial score (nSPS) is 18.7. The monoisotopic (exact) mass is 251 g/mol. The lowest BCUT2D eigenvalue weighted by molar-refractivity contribution is -0.129. The zero-order valence-corrected chi connectivity index (χ0v) is 10.1. The first-order valence-corrected chi connectivity index (χ1v) is 5.24. The molecule has 1 aliphatic heterocycles. The van der Waals surface area contributed by atoms with E-state index in [1.165, 1.54) is 0 Å². The number of likely N-dealkylation sites (tertiary alicyclic amines) is 1. The molecular formula is C12H14ClN3O. The van der Waals surface area contributed by atoms with Gasteiger partial charge in [0.15, 0.2) is 0 Å². The smallest absolute Gasteiger partial charge is 0.239 e. The minimum atomic E-state index is -0.348. The van der Waals surface area contributed by atoms with Crippen LogP contribution in [0.15, 0.2) is 24.3 Å². The van der Waals surface area contributed by atoms with Crippen molar-refractivity contribution in [3.05, 3.63) is 35.4 Å². The molecule has 4 nitrogen and oxygen atoms in total. The average Bonchev–Trinajstić information content (AvgIpc) is 2.61. The summed E-state index contributed by atoms with van der Waals surface area (Å²) in [7, 11) is 0. The first-order chi connectivity index (χ1) is 7.70. The standard InChI is InChI=1S/C12H13N3O.ClH/c13-7-9-2-1-3-10(6-9)8-15-5-4-11(14)12(15)16;/h1-3,6,11H,4-5,8,14H2;1H. The summed E-state index contributed by atoms with van der Waals surface area (Å²) < 4.78 is 0. The summed E-state index contributed by atoms with van der Waals surface area (Å²) >= 11 is 0. The maximum Gasteiger partial charge on any atom is 0.239 e. The van der Waals surface area contributed by atoms with E-state index in [0.29, 0.717) is 18.7 Å². The first kappa shape index (κ1) is 13.5. The summed E-state index contributed by atoms with van der Waals surface area (Å²) in [6, 6.07) is 9.03. The van der Waals surface area contributed by atoms with E-state index < -0.39 is 0 Å².